The molecule has 2 N–H and O–H groups in total. The van der Waals surface area contributed by atoms with Crippen LogP contribution in [0.1, 0.15) is 43.5 Å². The second-order valence-electron chi connectivity index (χ2n) is 5.45. The van der Waals surface area contributed by atoms with Gasteiger partial charge in [0, 0.05) is 18.6 Å². The van der Waals surface area contributed by atoms with Crippen molar-refractivity contribution < 1.29 is 0 Å². The van der Waals surface area contributed by atoms with Gasteiger partial charge in [-0.1, -0.05) is 6.92 Å². The summed E-state index contributed by atoms with van der Waals surface area (Å²) in [6, 6.07) is 7.18. The summed E-state index contributed by atoms with van der Waals surface area (Å²) in [4.78, 5) is 7.01. The van der Waals surface area contributed by atoms with Crippen LogP contribution in [0, 0.1) is 0 Å². The Labute approximate surface area is 124 Å². The van der Waals surface area contributed by atoms with Gasteiger partial charge in [-0.25, -0.2) is 0 Å². The maximum atomic E-state index is 6.03. The van der Waals surface area contributed by atoms with Crippen molar-refractivity contribution in [3.05, 3.63) is 46.4 Å². The number of aromatic nitrogens is 1. The molecule has 20 heavy (non-hydrogen) atoms. The maximum absolute atomic E-state index is 6.03. The summed E-state index contributed by atoms with van der Waals surface area (Å²) in [5.74, 6) is 0. The van der Waals surface area contributed by atoms with Gasteiger partial charge in [0.05, 0.1) is 17.6 Å². The van der Waals surface area contributed by atoms with Crippen LogP contribution < -0.4 is 10.6 Å². The molecule has 1 aliphatic carbocycles. The molecule has 1 saturated carbocycles. The Bertz CT molecular complexity index is 531. The van der Waals surface area contributed by atoms with Crippen molar-refractivity contribution in [2.24, 2.45) is 5.73 Å². The molecule has 0 bridgehead atoms. The molecule has 0 aromatic carbocycles. The zero-order chi connectivity index (χ0) is 13.9. The van der Waals surface area contributed by atoms with Crippen LogP contribution in [-0.2, 0) is 6.54 Å². The minimum absolute atomic E-state index is 0.0512. The lowest BCUT2D eigenvalue weighted by atomic mass is 10.1. The monoisotopic (exact) mass is 287 g/mol. The summed E-state index contributed by atoms with van der Waals surface area (Å²) in [5, 5.41) is 4.37. The zero-order valence-electron chi connectivity index (χ0n) is 11.8. The largest absolute Gasteiger partial charge is 0.363 e. The standard InChI is InChI=1S/C16H21N3S/c1-2-15(17)16-6-5-14(9-18-16)19(13-3-4-13)10-12-7-8-20-11-12/h5-9,11,13,15H,2-4,10,17H2,1H3/t15-/m0/s1. The minimum Gasteiger partial charge on any atom is -0.363 e. The van der Waals surface area contributed by atoms with Crippen LogP contribution in [0.3, 0.4) is 0 Å². The van der Waals surface area contributed by atoms with Crippen molar-refractivity contribution in [2.45, 2.75) is 44.8 Å². The van der Waals surface area contributed by atoms with Gasteiger partial charge < -0.3 is 10.6 Å². The molecule has 2 aromatic heterocycles. The average molecular weight is 287 g/mol. The number of hydrogen-bond acceptors (Lipinski definition) is 4. The second kappa shape index (κ2) is 5.94. The predicted octanol–water partition coefficient (Wildman–Crippen LogP) is 3.72. The Hall–Kier alpha value is -1.39. The number of nitrogens with zero attached hydrogens (tertiary/aromatic N) is 2. The fourth-order valence-electron chi connectivity index (χ4n) is 2.39. The van der Waals surface area contributed by atoms with E-state index in [1.807, 2.05) is 6.20 Å². The highest BCUT2D eigenvalue weighted by atomic mass is 32.1. The van der Waals surface area contributed by atoms with Gasteiger partial charge >= 0.3 is 0 Å². The van der Waals surface area contributed by atoms with Crippen molar-refractivity contribution >= 4 is 17.0 Å². The van der Waals surface area contributed by atoms with Gasteiger partial charge in [-0.15, -0.1) is 0 Å². The molecule has 0 amide bonds. The third kappa shape index (κ3) is 3.02. The van der Waals surface area contributed by atoms with Crippen LogP contribution >= 0.6 is 11.3 Å². The van der Waals surface area contributed by atoms with E-state index < -0.39 is 0 Å². The first kappa shape index (κ1) is 13.6. The number of nitrogens with two attached hydrogens (primary N) is 1. The normalized spacial score (nSPS) is 16.1. The first-order valence-electron chi connectivity index (χ1n) is 7.27. The van der Waals surface area contributed by atoms with Gasteiger partial charge in [0.15, 0.2) is 0 Å². The van der Waals surface area contributed by atoms with Crippen LogP contribution in [0.25, 0.3) is 0 Å². The van der Waals surface area contributed by atoms with E-state index in [1.165, 1.54) is 24.1 Å². The summed E-state index contributed by atoms with van der Waals surface area (Å²) in [5.41, 5.74) is 9.62. The van der Waals surface area contributed by atoms with Crippen LogP contribution in [-0.4, -0.2) is 11.0 Å². The summed E-state index contributed by atoms with van der Waals surface area (Å²) < 4.78 is 0. The molecule has 1 fully saturated rings. The van der Waals surface area contributed by atoms with Crippen LogP contribution in [0.5, 0.6) is 0 Å². The molecule has 0 spiro atoms. The third-order valence-electron chi connectivity index (χ3n) is 3.84. The highest BCUT2D eigenvalue weighted by Crippen LogP contribution is 2.33. The Kier molecular flexibility index (Phi) is 4.03. The fourth-order valence-corrected chi connectivity index (χ4v) is 3.05. The van der Waals surface area contributed by atoms with E-state index in [1.54, 1.807) is 11.3 Å². The van der Waals surface area contributed by atoms with E-state index in [2.05, 4.69) is 45.8 Å². The number of pyridine rings is 1. The molecule has 1 atom stereocenters. The van der Waals surface area contributed by atoms with E-state index in [9.17, 15) is 0 Å². The van der Waals surface area contributed by atoms with E-state index in [-0.39, 0.29) is 6.04 Å². The molecular formula is C16H21N3S. The molecule has 3 rings (SSSR count). The molecule has 4 heteroatoms. The molecule has 1 aliphatic rings. The first-order chi connectivity index (χ1) is 9.78. The number of hydrogen-bond donors (Lipinski definition) is 1. The average Bonchev–Trinajstić information content (AvgIpc) is 3.21. The summed E-state index contributed by atoms with van der Waals surface area (Å²) in [6.45, 7) is 3.07. The van der Waals surface area contributed by atoms with Gasteiger partial charge in [-0.3, -0.25) is 4.98 Å². The molecular weight excluding hydrogens is 266 g/mol. The number of thiophene rings is 1. The van der Waals surface area contributed by atoms with Gasteiger partial charge in [-0.05, 0) is 53.8 Å². The van der Waals surface area contributed by atoms with E-state index in [4.69, 9.17) is 5.73 Å². The molecule has 0 aliphatic heterocycles. The van der Waals surface area contributed by atoms with Gasteiger partial charge in [0.1, 0.15) is 0 Å². The van der Waals surface area contributed by atoms with E-state index in [0.29, 0.717) is 6.04 Å². The molecule has 3 nitrogen and oxygen atoms in total. The molecule has 2 aromatic rings. The quantitative estimate of drug-likeness (QED) is 0.880. The molecule has 0 unspecified atom stereocenters. The van der Waals surface area contributed by atoms with Crippen LogP contribution in [0.15, 0.2) is 35.2 Å². The lowest BCUT2D eigenvalue weighted by Crippen LogP contribution is -2.25. The van der Waals surface area contributed by atoms with E-state index in [0.717, 1.165) is 18.7 Å². The summed E-state index contributed by atoms with van der Waals surface area (Å²) >= 11 is 1.76. The van der Waals surface area contributed by atoms with Crippen molar-refractivity contribution in [1.29, 1.82) is 0 Å². The van der Waals surface area contributed by atoms with Crippen molar-refractivity contribution in [3.63, 3.8) is 0 Å². The smallest absolute Gasteiger partial charge is 0.0572 e. The number of rotatable bonds is 6. The SMILES string of the molecule is CC[C@H](N)c1ccc(N(Cc2ccsc2)C2CC2)cn1. The van der Waals surface area contributed by atoms with Crippen molar-refractivity contribution in [3.8, 4) is 0 Å². The van der Waals surface area contributed by atoms with Crippen molar-refractivity contribution in [2.75, 3.05) is 4.90 Å². The fraction of sp³-hybridized carbons (Fsp3) is 0.438. The van der Waals surface area contributed by atoms with Crippen LogP contribution in [0.4, 0.5) is 5.69 Å². The zero-order valence-corrected chi connectivity index (χ0v) is 12.6. The Morgan fingerprint density at radius 2 is 2.25 bits per heavy atom. The minimum atomic E-state index is 0.0512. The summed E-state index contributed by atoms with van der Waals surface area (Å²) in [7, 11) is 0. The predicted molar refractivity (Wildman–Crippen MR) is 85.0 cm³/mol. The van der Waals surface area contributed by atoms with E-state index >= 15 is 0 Å². The maximum Gasteiger partial charge on any atom is 0.0572 e. The highest BCUT2D eigenvalue weighted by molar-refractivity contribution is 7.07. The second-order valence-corrected chi connectivity index (χ2v) is 6.23. The van der Waals surface area contributed by atoms with Gasteiger partial charge in [0.25, 0.3) is 0 Å². The van der Waals surface area contributed by atoms with Crippen molar-refractivity contribution in [1.82, 2.24) is 4.98 Å². The third-order valence-corrected chi connectivity index (χ3v) is 4.57. The Morgan fingerprint density at radius 1 is 1.40 bits per heavy atom. The molecule has 106 valence electrons. The highest BCUT2D eigenvalue weighted by Gasteiger charge is 2.29. The summed E-state index contributed by atoms with van der Waals surface area (Å²) in [6.07, 6.45) is 5.49. The molecule has 0 saturated heterocycles. The van der Waals surface area contributed by atoms with Gasteiger partial charge in [0.2, 0.25) is 0 Å². The molecule has 0 radical (unpaired) electrons. The Morgan fingerprint density at radius 3 is 2.80 bits per heavy atom. The lowest BCUT2D eigenvalue weighted by molar-refractivity contribution is 0.674. The Balaban J connectivity index is 1.77. The first-order valence-corrected chi connectivity index (χ1v) is 8.21. The topological polar surface area (TPSA) is 42.1 Å². The number of anilines is 1. The van der Waals surface area contributed by atoms with Crippen LogP contribution in [0.2, 0.25) is 0 Å². The lowest BCUT2D eigenvalue weighted by Gasteiger charge is -2.24. The molecule has 2 heterocycles. The van der Waals surface area contributed by atoms with Gasteiger partial charge in [-0.2, -0.15) is 11.3 Å².